The molecule has 1 aromatic carbocycles. The number of carbonyl (C=O) groups excluding carboxylic acids is 1. The Morgan fingerprint density at radius 1 is 1.42 bits per heavy atom. The molecule has 1 N–H and O–H groups in total. The van der Waals surface area contributed by atoms with Gasteiger partial charge >= 0.3 is 0 Å². The SMILES string of the molecule is CCN(C(=O)CC1CNC1)C(C)c1ccc(F)cc1. The zero-order valence-electron chi connectivity index (χ0n) is 11.5. The predicted molar refractivity (Wildman–Crippen MR) is 73.2 cm³/mol. The average Bonchev–Trinajstić information content (AvgIpc) is 2.35. The summed E-state index contributed by atoms with van der Waals surface area (Å²) in [6.07, 6.45) is 0.604. The zero-order valence-corrected chi connectivity index (χ0v) is 11.5. The van der Waals surface area contributed by atoms with Gasteiger partial charge in [-0.25, -0.2) is 4.39 Å². The van der Waals surface area contributed by atoms with Crippen molar-refractivity contribution >= 4 is 5.91 Å². The van der Waals surface area contributed by atoms with Crippen molar-refractivity contribution in [1.82, 2.24) is 10.2 Å². The Hall–Kier alpha value is -1.42. The number of carbonyl (C=O) groups is 1. The van der Waals surface area contributed by atoms with Crippen LogP contribution in [0.2, 0.25) is 0 Å². The second-order valence-electron chi connectivity index (χ2n) is 5.14. The van der Waals surface area contributed by atoms with Crippen LogP contribution in [-0.4, -0.2) is 30.4 Å². The molecule has 1 heterocycles. The second kappa shape index (κ2) is 6.15. The number of hydrogen-bond acceptors (Lipinski definition) is 2. The summed E-state index contributed by atoms with van der Waals surface area (Å²) >= 11 is 0. The molecule has 19 heavy (non-hydrogen) atoms. The van der Waals surface area contributed by atoms with E-state index in [1.54, 1.807) is 12.1 Å². The highest BCUT2D eigenvalue weighted by Crippen LogP contribution is 2.22. The topological polar surface area (TPSA) is 32.3 Å². The standard InChI is InChI=1S/C15H21FN2O/c1-3-18(15(19)8-12-9-17-10-12)11(2)13-4-6-14(16)7-5-13/h4-7,11-12,17H,3,8-10H2,1-2H3. The lowest BCUT2D eigenvalue weighted by Gasteiger charge is -2.32. The van der Waals surface area contributed by atoms with E-state index in [1.165, 1.54) is 12.1 Å². The smallest absolute Gasteiger partial charge is 0.223 e. The molecule has 0 aliphatic carbocycles. The van der Waals surface area contributed by atoms with Gasteiger partial charge in [-0.05, 0) is 50.6 Å². The number of nitrogens with zero attached hydrogens (tertiary/aromatic N) is 1. The Morgan fingerprint density at radius 2 is 2.05 bits per heavy atom. The van der Waals surface area contributed by atoms with Crippen LogP contribution in [0, 0.1) is 11.7 Å². The van der Waals surface area contributed by atoms with Gasteiger partial charge in [0, 0.05) is 13.0 Å². The van der Waals surface area contributed by atoms with Crippen LogP contribution in [-0.2, 0) is 4.79 Å². The van der Waals surface area contributed by atoms with Crippen LogP contribution in [0.25, 0.3) is 0 Å². The number of benzene rings is 1. The molecule has 1 aliphatic rings. The van der Waals surface area contributed by atoms with Crippen LogP contribution < -0.4 is 5.32 Å². The Labute approximate surface area is 113 Å². The van der Waals surface area contributed by atoms with Crippen LogP contribution in [0.4, 0.5) is 4.39 Å². The molecule has 0 radical (unpaired) electrons. The van der Waals surface area contributed by atoms with E-state index in [1.807, 2.05) is 18.7 Å². The van der Waals surface area contributed by atoms with E-state index >= 15 is 0 Å². The summed E-state index contributed by atoms with van der Waals surface area (Å²) in [6, 6.07) is 6.38. The minimum atomic E-state index is -0.245. The van der Waals surface area contributed by atoms with Gasteiger partial charge in [-0.15, -0.1) is 0 Å². The van der Waals surface area contributed by atoms with E-state index in [2.05, 4.69) is 5.32 Å². The number of amides is 1. The normalized spacial score (nSPS) is 16.8. The lowest BCUT2D eigenvalue weighted by Crippen LogP contribution is -2.45. The summed E-state index contributed by atoms with van der Waals surface area (Å²) in [7, 11) is 0. The van der Waals surface area contributed by atoms with Gasteiger partial charge in [0.1, 0.15) is 5.82 Å². The molecule has 104 valence electrons. The lowest BCUT2D eigenvalue weighted by atomic mass is 9.97. The van der Waals surface area contributed by atoms with Crippen LogP contribution in [0.5, 0.6) is 0 Å². The Morgan fingerprint density at radius 3 is 2.53 bits per heavy atom. The van der Waals surface area contributed by atoms with Crippen LogP contribution in [0.15, 0.2) is 24.3 Å². The first-order valence-electron chi connectivity index (χ1n) is 6.87. The molecular formula is C15H21FN2O. The fourth-order valence-corrected chi connectivity index (χ4v) is 2.44. The fraction of sp³-hybridized carbons (Fsp3) is 0.533. The second-order valence-corrected chi connectivity index (χ2v) is 5.14. The molecule has 1 aliphatic heterocycles. The van der Waals surface area contributed by atoms with E-state index < -0.39 is 0 Å². The highest BCUT2D eigenvalue weighted by Gasteiger charge is 2.25. The molecular weight excluding hydrogens is 243 g/mol. The van der Waals surface area contributed by atoms with Crippen molar-refractivity contribution in [3.8, 4) is 0 Å². The average molecular weight is 264 g/mol. The van der Waals surface area contributed by atoms with Crippen molar-refractivity contribution in [2.45, 2.75) is 26.3 Å². The predicted octanol–water partition coefficient (Wildman–Crippen LogP) is 2.34. The largest absolute Gasteiger partial charge is 0.336 e. The molecule has 0 aromatic heterocycles. The van der Waals surface area contributed by atoms with Gasteiger partial charge < -0.3 is 10.2 Å². The fourth-order valence-electron chi connectivity index (χ4n) is 2.44. The number of rotatable bonds is 5. The number of hydrogen-bond donors (Lipinski definition) is 1. The maximum atomic E-state index is 12.9. The molecule has 1 aromatic rings. The first kappa shape index (κ1) is 14.0. The van der Waals surface area contributed by atoms with E-state index in [0.717, 1.165) is 18.7 Å². The van der Waals surface area contributed by atoms with Gasteiger partial charge in [-0.2, -0.15) is 0 Å². The molecule has 1 amide bonds. The van der Waals surface area contributed by atoms with E-state index in [9.17, 15) is 9.18 Å². The minimum absolute atomic E-state index is 0.00821. The van der Waals surface area contributed by atoms with E-state index in [4.69, 9.17) is 0 Å². The first-order chi connectivity index (χ1) is 9.11. The van der Waals surface area contributed by atoms with Gasteiger partial charge in [-0.3, -0.25) is 4.79 Å². The van der Waals surface area contributed by atoms with E-state index in [0.29, 0.717) is 18.9 Å². The summed E-state index contributed by atoms with van der Waals surface area (Å²) in [5.41, 5.74) is 0.975. The highest BCUT2D eigenvalue weighted by molar-refractivity contribution is 5.77. The van der Waals surface area contributed by atoms with Crippen molar-refractivity contribution in [1.29, 1.82) is 0 Å². The van der Waals surface area contributed by atoms with Crippen molar-refractivity contribution in [2.24, 2.45) is 5.92 Å². The molecule has 1 saturated heterocycles. The minimum Gasteiger partial charge on any atom is -0.336 e. The van der Waals surface area contributed by atoms with Gasteiger partial charge in [0.15, 0.2) is 0 Å². The molecule has 1 fully saturated rings. The maximum absolute atomic E-state index is 12.9. The molecule has 0 spiro atoms. The summed E-state index contributed by atoms with van der Waals surface area (Å²) in [4.78, 5) is 14.1. The van der Waals surface area contributed by atoms with Crippen molar-refractivity contribution in [3.05, 3.63) is 35.6 Å². The third kappa shape index (κ3) is 3.32. The van der Waals surface area contributed by atoms with Crippen molar-refractivity contribution in [3.63, 3.8) is 0 Å². The van der Waals surface area contributed by atoms with Gasteiger partial charge in [-0.1, -0.05) is 12.1 Å². The highest BCUT2D eigenvalue weighted by atomic mass is 19.1. The van der Waals surface area contributed by atoms with Crippen LogP contribution >= 0.6 is 0 Å². The Bertz CT molecular complexity index is 428. The molecule has 1 atom stereocenters. The monoisotopic (exact) mass is 264 g/mol. The van der Waals surface area contributed by atoms with Crippen LogP contribution in [0.1, 0.15) is 31.9 Å². The maximum Gasteiger partial charge on any atom is 0.223 e. The lowest BCUT2D eigenvalue weighted by molar-refractivity contribution is -0.134. The van der Waals surface area contributed by atoms with E-state index in [-0.39, 0.29) is 17.8 Å². The molecule has 3 nitrogen and oxygen atoms in total. The Balaban J connectivity index is 2.02. The number of nitrogens with one attached hydrogen (secondary N) is 1. The number of halogens is 1. The van der Waals surface area contributed by atoms with Crippen molar-refractivity contribution in [2.75, 3.05) is 19.6 Å². The van der Waals surface area contributed by atoms with Gasteiger partial charge in [0.25, 0.3) is 0 Å². The van der Waals surface area contributed by atoms with Crippen molar-refractivity contribution < 1.29 is 9.18 Å². The summed E-state index contributed by atoms with van der Waals surface area (Å²) in [6.45, 7) is 6.53. The Kier molecular flexibility index (Phi) is 4.53. The molecule has 2 rings (SSSR count). The quantitative estimate of drug-likeness (QED) is 0.885. The molecule has 0 saturated carbocycles. The zero-order chi connectivity index (χ0) is 13.8. The first-order valence-corrected chi connectivity index (χ1v) is 6.87. The van der Waals surface area contributed by atoms with Crippen LogP contribution in [0.3, 0.4) is 0 Å². The molecule has 0 bridgehead atoms. The van der Waals surface area contributed by atoms with Gasteiger partial charge in [0.05, 0.1) is 6.04 Å². The summed E-state index contributed by atoms with van der Waals surface area (Å²) in [5, 5.41) is 3.18. The third-order valence-corrected chi connectivity index (χ3v) is 3.81. The third-order valence-electron chi connectivity index (χ3n) is 3.81. The summed E-state index contributed by atoms with van der Waals surface area (Å²) < 4.78 is 12.9. The molecule has 1 unspecified atom stereocenters. The molecule has 4 heteroatoms. The van der Waals surface area contributed by atoms with Gasteiger partial charge in [0.2, 0.25) is 5.91 Å². The summed E-state index contributed by atoms with van der Waals surface area (Å²) in [5.74, 6) is 0.415.